The molecule has 226 valence electrons. The number of aromatic nitrogens is 2. The molecule has 1 aliphatic heterocycles. The van der Waals surface area contributed by atoms with Crippen LogP contribution in [0, 0.1) is 13.8 Å². The van der Waals surface area contributed by atoms with Gasteiger partial charge in [-0.2, -0.15) is 0 Å². The van der Waals surface area contributed by atoms with Crippen LogP contribution in [0.1, 0.15) is 39.4 Å². The van der Waals surface area contributed by atoms with Gasteiger partial charge in [0, 0.05) is 15.8 Å². The molecule has 0 saturated carbocycles. The zero-order valence-corrected chi connectivity index (χ0v) is 27.7. The Morgan fingerprint density at radius 2 is 1.67 bits per heavy atom. The number of carbonyl (C=O) groups excluding carboxylic acids is 2. The Kier molecular flexibility index (Phi) is 9.16. The summed E-state index contributed by atoms with van der Waals surface area (Å²) in [4.78, 5) is 28.5. The second-order valence-corrected chi connectivity index (χ2v) is 13.7. The second kappa shape index (κ2) is 13.4. The van der Waals surface area contributed by atoms with Crippen LogP contribution in [0.2, 0.25) is 0 Å². The van der Waals surface area contributed by atoms with Crippen LogP contribution >= 0.6 is 39.0 Å². The summed E-state index contributed by atoms with van der Waals surface area (Å²) in [5.74, 6) is -0.536. The molecule has 1 unspecified atom stereocenters. The van der Waals surface area contributed by atoms with Crippen molar-refractivity contribution >= 4 is 61.6 Å². The molecule has 1 aliphatic rings. The molecule has 10 heteroatoms. The molecule has 6 rings (SSSR count). The molecule has 1 amide bonds. The van der Waals surface area contributed by atoms with Gasteiger partial charge in [-0.05, 0) is 66.9 Å². The standard InChI is InChI=1S/C35H28BrN3O4S2/c1-21-9-11-23(12-10-21)20-44-35-38-37-34(45-35)39-30(26-7-4-8-27(36)18-26)29(32(41)33(39)42)31(40)25-13-15-28(16-14-25)43-19-24-6-3-5-22(2)17-24/h3-18,30,40H,19-20H2,1-2H3/b31-29+. The van der Waals surface area contributed by atoms with E-state index >= 15 is 0 Å². The number of carbonyl (C=O) groups is 2. The predicted molar refractivity (Wildman–Crippen MR) is 182 cm³/mol. The molecule has 1 aromatic heterocycles. The van der Waals surface area contributed by atoms with Gasteiger partial charge in [0.05, 0.1) is 11.6 Å². The van der Waals surface area contributed by atoms with E-state index in [1.807, 2.05) is 56.3 Å². The highest BCUT2D eigenvalue weighted by molar-refractivity contribution is 9.10. The number of hydrogen-bond donors (Lipinski definition) is 1. The Morgan fingerprint density at radius 1 is 0.911 bits per heavy atom. The lowest BCUT2D eigenvalue weighted by Crippen LogP contribution is -2.29. The molecule has 7 nitrogen and oxygen atoms in total. The molecule has 45 heavy (non-hydrogen) atoms. The minimum atomic E-state index is -0.900. The largest absolute Gasteiger partial charge is 0.507 e. The van der Waals surface area contributed by atoms with Crippen LogP contribution < -0.4 is 9.64 Å². The molecule has 5 aromatic rings. The SMILES string of the molecule is Cc1ccc(CSc2nnc(N3C(=O)C(=O)/C(=C(/O)c4ccc(OCc5cccc(C)c5)cc4)C3c3cccc(Br)c3)s2)cc1. The van der Waals surface area contributed by atoms with E-state index in [9.17, 15) is 14.7 Å². The van der Waals surface area contributed by atoms with E-state index in [1.54, 1.807) is 24.3 Å². The van der Waals surface area contributed by atoms with Crippen LogP contribution in [0.3, 0.4) is 0 Å². The highest BCUT2D eigenvalue weighted by Crippen LogP contribution is 2.44. The first kappa shape index (κ1) is 30.8. The quantitative estimate of drug-likeness (QED) is 0.0544. The van der Waals surface area contributed by atoms with Gasteiger partial charge in [-0.15, -0.1) is 10.2 Å². The summed E-state index contributed by atoms with van der Waals surface area (Å²) in [6.07, 6.45) is 0. The molecule has 0 spiro atoms. The summed E-state index contributed by atoms with van der Waals surface area (Å²) >= 11 is 6.25. The second-order valence-electron chi connectivity index (χ2n) is 10.7. The van der Waals surface area contributed by atoms with E-state index in [0.717, 1.165) is 21.2 Å². The van der Waals surface area contributed by atoms with Crippen molar-refractivity contribution in [3.05, 3.63) is 140 Å². The molecule has 1 fully saturated rings. The number of rotatable bonds is 9. The fourth-order valence-electron chi connectivity index (χ4n) is 5.04. The monoisotopic (exact) mass is 697 g/mol. The molecule has 2 heterocycles. The maximum absolute atomic E-state index is 13.6. The van der Waals surface area contributed by atoms with Crippen molar-refractivity contribution in [1.82, 2.24) is 10.2 Å². The Morgan fingerprint density at radius 3 is 2.40 bits per heavy atom. The zero-order valence-electron chi connectivity index (χ0n) is 24.4. The van der Waals surface area contributed by atoms with E-state index in [-0.39, 0.29) is 16.5 Å². The fraction of sp³-hybridized carbons (Fsp3) is 0.143. The molecule has 1 saturated heterocycles. The summed E-state index contributed by atoms with van der Waals surface area (Å²) in [5.41, 5.74) is 5.55. The van der Waals surface area contributed by atoms with Crippen molar-refractivity contribution in [2.24, 2.45) is 0 Å². The number of halogens is 1. The first-order chi connectivity index (χ1) is 21.8. The molecule has 1 atom stereocenters. The lowest BCUT2D eigenvalue weighted by Gasteiger charge is -2.22. The summed E-state index contributed by atoms with van der Waals surface area (Å²) in [6, 6.07) is 29.6. The number of aliphatic hydroxyl groups is 1. The highest BCUT2D eigenvalue weighted by Gasteiger charge is 2.48. The lowest BCUT2D eigenvalue weighted by molar-refractivity contribution is -0.132. The number of Topliss-reactive ketones (excluding diaryl/α,β-unsaturated/α-hetero) is 1. The van der Waals surface area contributed by atoms with Crippen molar-refractivity contribution in [3.8, 4) is 5.75 Å². The van der Waals surface area contributed by atoms with Crippen molar-refractivity contribution < 1.29 is 19.4 Å². The summed E-state index contributed by atoms with van der Waals surface area (Å²) in [5, 5.41) is 20.4. The third-order valence-corrected chi connectivity index (χ3v) is 9.93. The molecule has 4 aromatic carbocycles. The van der Waals surface area contributed by atoms with Crippen LogP contribution in [0.15, 0.2) is 111 Å². The Bertz CT molecular complexity index is 1910. The van der Waals surface area contributed by atoms with Gasteiger partial charge in [0.1, 0.15) is 18.1 Å². The summed E-state index contributed by atoms with van der Waals surface area (Å²) < 4.78 is 7.37. The third-order valence-electron chi connectivity index (χ3n) is 7.31. The summed E-state index contributed by atoms with van der Waals surface area (Å²) in [6.45, 7) is 4.47. The number of hydrogen-bond acceptors (Lipinski definition) is 8. The minimum Gasteiger partial charge on any atom is -0.507 e. The van der Waals surface area contributed by atoms with Crippen LogP contribution in [-0.2, 0) is 21.9 Å². The fourth-order valence-corrected chi connectivity index (χ4v) is 7.28. The highest BCUT2D eigenvalue weighted by atomic mass is 79.9. The van der Waals surface area contributed by atoms with Gasteiger partial charge in [0.2, 0.25) is 5.13 Å². The Labute approximate surface area is 277 Å². The number of ketones is 1. The molecule has 0 aliphatic carbocycles. The zero-order chi connectivity index (χ0) is 31.5. The summed E-state index contributed by atoms with van der Waals surface area (Å²) in [7, 11) is 0. The minimum absolute atomic E-state index is 0.0180. The normalized spacial score (nSPS) is 15.9. The van der Waals surface area contributed by atoms with E-state index in [1.165, 1.54) is 33.6 Å². The van der Waals surface area contributed by atoms with Crippen LogP contribution in [0.4, 0.5) is 5.13 Å². The number of thioether (sulfide) groups is 1. The van der Waals surface area contributed by atoms with Gasteiger partial charge >= 0.3 is 5.91 Å². The number of benzene rings is 4. The maximum Gasteiger partial charge on any atom is 0.301 e. The first-order valence-electron chi connectivity index (χ1n) is 14.1. The smallest absolute Gasteiger partial charge is 0.301 e. The Hall–Kier alpha value is -4.25. The van der Waals surface area contributed by atoms with E-state index < -0.39 is 17.7 Å². The topological polar surface area (TPSA) is 92.6 Å². The van der Waals surface area contributed by atoms with Crippen LogP contribution in [0.25, 0.3) is 5.76 Å². The van der Waals surface area contributed by atoms with E-state index in [0.29, 0.717) is 33.6 Å². The van der Waals surface area contributed by atoms with E-state index in [4.69, 9.17) is 4.74 Å². The van der Waals surface area contributed by atoms with Crippen LogP contribution in [-0.4, -0.2) is 27.0 Å². The number of amides is 1. The lowest BCUT2D eigenvalue weighted by atomic mass is 9.95. The molecule has 1 N–H and O–H groups in total. The van der Waals surface area contributed by atoms with Gasteiger partial charge in [0.25, 0.3) is 5.78 Å². The van der Waals surface area contributed by atoms with Gasteiger partial charge in [0.15, 0.2) is 4.34 Å². The van der Waals surface area contributed by atoms with Crippen LogP contribution in [0.5, 0.6) is 5.75 Å². The number of anilines is 1. The Balaban J connectivity index is 1.29. The average Bonchev–Trinajstić information content (AvgIpc) is 3.61. The number of ether oxygens (including phenoxy) is 1. The molecule has 0 radical (unpaired) electrons. The van der Waals surface area contributed by atoms with Crippen molar-refractivity contribution in [3.63, 3.8) is 0 Å². The predicted octanol–water partition coefficient (Wildman–Crippen LogP) is 8.42. The number of aryl methyl sites for hydroxylation is 2. The average molecular weight is 699 g/mol. The molecule has 0 bridgehead atoms. The number of aliphatic hydroxyl groups excluding tert-OH is 1. The van der Waals surface area contributed by atoms with Crippen molar-refractivity contribution in [2.75, 3.05) is 4.90 Å². The maximum atomic E-state index is 13.6. The van der Waals surface area contributed by atoms with Crippen molar-refractivity contribution in [2.45, 2.75) is 36.6 Å². The van der Waals surface area contributed by atoms with Gasteiger partial charge in [-0.3, -0.25) is 14.5 Å². The third kappa shape index (κ3) is 6.88. The van der Waals surface area contributed by atoms with Gasteiger partial charge in [-0.25, -0.2) is 0 Å². The first-order valence-corrected chi connectivity index (χ1v) is 16.7. The molecular weight excluding hydrogens is 670 g/mol. The van der Waals surface area contributed by atoms with Gasteiger partial charge in [-0.1, -0.05) is 111 Å². The number of nitrogens with zero attached hydrogens (tertiary/aromatic N) is 3. The van der Waals surface area contributed by atoms with Gasteiger partial charge < -0.3 is 9.84 Å². The van der Waals surface area contributed by atoms with Crippen molar-refractivity contribution in [1.29, 1.82) is 0 Å². The van der Waals surface area contributed by atoms with E-state index in [2.05, 4.69) is 56.5 Å². The molecular formula is C35H28BrN3O4S2.